The highest BCUT2D eigenvalue weighted by atomic mass is 32.1. The first-order valence-corrected chi connectivity index (χ1v) is 6.78. The monoisotopic (exact) mass is 262 g/mol. The van der Waals surface area contributed by atoms with Crippen LogP contribution < -0.4 is 10.5 Å². The number of rotatable bonds is 4. The highest BCUT2D eigenvalue weighted by Crippen LogP contribution is 2.26. The van der Waals surface area contributed by atoms with Crippen LogP contribution in [0.3, 0.4) is 0 Å². The quantitative estimate of drug-likeness (QED) is 0.919. The molecule has 1 atom stereocenters. The third-order valence-corrected chi connectivity index (χ3v) is 3.58. The summed E-state index contributed by atoms with van der Waals surface area (Å²) in [7, 11) is 0. The Balaban J connectivity index is 2.15. The number of hydrogen-bond donors (Lipinski definition) is 1. The molecule has 3 nitrogen and oxygen atoms in total. The molecule has 0 amide bonds. The molecule has 96 valence electrons. The lowest BCUT2D eigenvalue weighted by atomic mass is 10.1. The van der Waals surface area contributed by atoms with E-state index in [0.29, 0.717) is 6.61 Å². The number of benzene rings is 1. The van der Waals surface area contributed by atoms with E-state index in [0.717, 1.165) is 21.2 Å². The van der Waals surface area contributed by atoms with Crippen molar-refractivity contribution in [2.45, 2.75) is 33.4 Å². The van der Waals surface area contributed by atoms with Gasteiger partial charge in [-0.25, -0.2) is 4.98 Å². The SMILES string of the molecule is Cc1ccc([C@H](C)N)c(OCc2cnc(C)s2)c1. The maximum Gasteiger partial charge on any atom is 0.124 e. The number of hydrogen-bond acceptors (Lipinski definition) is 4. The van der Waals surface area contributed by atoms with Gasteiger partial charge in [-0.15, -0.1) is 11.3 Å². The molecule has 0 aliphatic heterocycles. The fraction of sp³-hybridized carbons (Fsp3) is 0.357. The zero-order valence-electron chi connectivity index (χ0n) is 10.9. The predicted molar refractivity (Wildman–Crippen MR) is 75.0 cm³/mol. The summed E-state index contributed by atoms with van der Waals surface area (Å²) in [6, 6.07) is 6.10. The summed E-state index contributed by atoms with van der Waals surface area (Å²) in [6.07, 6.45) is 1.86. The Kier molecular flexibility index (Phi) is 3.99. The van der Waals surface area contributed by atoms with E-state index in [4.69, 9.17) is 10.5 Å². The van der Waals surface area contributed by atoms with E-state index in [1.165, 1.54) is 5.56 Å². The molecule has 2 rings (SSSR count). The minimum absolute atomic E-state index is 0.0243. The van der Waals surface area contributed by atoms with Gasteiger partial charge in [0.25, 0.3) is 0 Å². The van der Waals surface area contributed by atoms with Gasteiger partial charge in [0.1, 0.15) is 12.4 Å². The van der Waals surface area contributed by atoms with Crippen molar-refractivity contribution in [2.24, 2.45) is 5.73 Å². The zero-order chi connectivity index (χ0) is 13.1. The van der Waals surface area contributed by atoms with Crippen molar-refractivity contribution in [2.75, 3.05) is 0 Å². The summed E-state index contributed by atoms with van der Waals surface area (Å²) in [6.45, 7) is 6.56. The van der Waals surface area contributed by atoms with Crippen molar-refractivity contribution in [1.29, 1.82) is 0 Å². The smallest absolute Gasteiger partial charge is 0.124 e. The molecule has 18 heavy (non-hydrogen) atoms. The molecule has 0 spiro atoms. The molecule has 0 saturated carbocycles. The Labute approximate surface area is 112 Å². The van der Waals surface area contributed by atoms with Crippen molar-refractivity contribution in [3.63, 3.8) is 0 Å². The second-order valence-corrected chi connectivity index (χ2v) is 5.78. The Morgan fingerprint density at radius 1 is 1.39 bits per heavy atom. The lowest BCUT2D eigenvalue weighted by Gasteiger charge is -2.14. The normalized spacial score (nSPS) is 12.4. The number of ether oxygens (including phenoxy) is 1. The summed E-state index contributed by atoms with van der Waals surface area (Å²) in [5, 5.41) is 1.06. The van der Waals surface area contributed by atoms with Gasteiger partial charge in [0, 0.05) is 17.8 Å². The van der Waals surface area contributed by atoms with E-state index in [9.17, 15) is 0 Å². The molecular formula is C14H18N2OS. The van der Waals surface area contributed by atoms with Crippen LogP contribution in [-0.4, -0.2) is 4.98 Å². The molecule has 2 N–H and O–H groups in total. The molecule has 0 fully saturated rings. The topological polar surface area (TPSA) is 48.1 Å². The van der Waals surface area contributed by atoms with E-state index < -0.39 is 0 Å². The van der Waals surface area contributed by atoms with Crippen LogP contribution in [0.15, 0.2) is 24.4 Å². The summed E-state index contributed by atoms with van der Waals surface area (Å²) in [5.41, 5.74) is 8.17. The Bertz CT molecular complexity index is 534. The largest absolute Gasteiger partial charge is 0.488 e. The second-order valence-electron chi connectivity index (χ2n) is 4.46. The fourth-order valence-electron chi connectivity index (χ4n) is 1.76. The average Bonchev–Trinajstić information content (AvgIpc) is 2.72. The standard InChI is InChI=1S/C14H18N2OS/c1-9-4-5-13(10(2)15)14(6-9)17-8-12-7-16-11(3)18-12/h4-7,10H,8,15H2,1-3H3/t10-/m0/s1. The van der Waals surface area contributed by atoms with Crippen LogP contribution in [0.2, 0.25) is 0 Å². The van der Waals surface area contributed by atoms with Gasteiger partial charge in [-0.3, -0.25) is 0 Å². The average molecular weight is 262 g/mol. The molecule has 0 unspecified atom stereocenters. The number of nitrogens with zero attached hydrogens (tertiary/aromatic N) is 1. The van der Waals surface area contributed by atoms with Gasteiger partial charge in [0.2, 0.25) is 0 Å². The van der Waals surface area contributed by atoms with Gasteiger partial charge in [0.05, 0.1) is 9.88 Å². The first kappa shape index (κ1) is 13.1. The van der Waals surface area contributed by atoms with Gasteiger partial charge < -0.3 is 10.5 Å². The first-order valence-electron chi connectivity index (χ1n) is 5.96. The van der Waals surface area contributed by atoms with Crippen molar-refractivity contribution >= 4 is 11.3 Å². The molecule has 1 aromatic carbocycles. The van der Waals surface area contributed by atoms with Gasteiger partial charge in [-0.1, -0.05) is 12.1 Å². The van der Waals surface area contributed by atoms with Crippen LogP contribution in [0.1, 0.15) is 34.0 Å². The van der Waals surface area contributed by atoms with Gasteiger partial charge in [0.15, 0.2) is 0 Å². The first-order chi connectivity index (χ1) is 8.56. The van der Waals surface area contributed by atoms with E-state index in [1.807, 2.05) is 32.2 Å². The minimum atomic E-state index is -0.0243. The summed E-state index contributed by atoms with van der Waals surface area (Å²) in [5.74, 6) is 0.871. The maximum absolute atomic E-state index is 5.95. The lowest BCUT2D eigenvalue weighted by molar-refractivity contribution is 0.304. The minimum Gasteiger partial charge on any atom is -0.488 e. The molecule has 2 aromatic rings. The highest BCUT2D eigenvalue weighted by molar-refractivity contribution is 7.11. The molecule has 4 heteroatoms. The van der Waals surface area contributed by atoms with Gasteiger partial charge in [-0.05, 0) is 32.4 Å². The van der Waals surface area contributed by atoms with Crippen molar-refractivity contribution < 1.29 is 4.74 Å². The predicted octanol–water partition coefficient (Wildman–Crippen LogP) is 3.36. The van der Waals surface area contributed by atoms with Gasteiger partial charge in [-0.2, -0.15) is 0 Å². The van der Waals surface area contributed by atoms with E-state index in [1.54, 1.807) is 11.3 Å². The Morgan fingerprint density at radius 2 is 2.17 bits per heavy atom. The number of thiazole rings is 1. The van der Waals surface area contributed by atoms with Gasteiger partial charge >= 0.3 is 0 Å². The van der Waals surface area contributed by atoms with Crippen LogP contribution in [-0.2, 0) is 6.61 Å². The summed E-state index contributed by atoms with van der Waals surface area (Å²) < 4.78 is 5.87. The number of aryl methyl sites for hydroxylation is 2. The number of nitrogens with two attached hydrogens (primary N) is 1. The van der Waals surface area contributed by atoms with Crippen molar-refractivity contribution in [3.05, 3.63) is 45.4 Å². The van der Waals surface area contributed by atoms with Crippen molar-refractivity contribution in [3.8, 4) is 5.75 Å². The van der Waals surface area contributed by atoms with E-state index in [-0.39, 0.29) is 6.04 Å². The van der Waals surface area contributed by atoms with E-state index >= 15 is 0 Å². The van der Waals surface area contributed by atoms with Crippen LogP contribution in [0.5, 0.6) is 5.75 Å². The molecule has 0 saturated heterocycles. The molecule has 0 aliphatic rings. The summed E-state index contributed by atoms with van der Waals surface area (Å²) in [4.78, 5) is 5.35. The molecule has 0 bridgehead atoms. The van der Waals surface area contributed by atoms with Crippen molar-refractivity contribution in [1.82, 2.24) is 4.98 Å². The molecular weight excluding hydrogens is 244 g/mol. The third-order valence-electron chi connectivity index (χ3n) is 2.70. The second kappa shape index (κ2) is 5.50. The lowest BCUT2D eigenvalue weighted by Crippen LogP contribution is -2.08. The van der Waals surface area contributed by atoms with Crippen LogP contribution in [0, 0.1) is 13.8 Å². The Morgan fingerprint density at radius 3 is 2.78 bits per heavy atom. The van der Waals surface area contributed by atoms with Crippen LogP contribution in [0.25, 0.3) is 0 Å². The zero-order valence-corrected chi connectivity index (χ0v) is 11.8. The Hall–Kier alpha value is -1.39. The summed E-state index contributed by atoms with van der Waals surface area (Å²) >= 11 is 1.66. The molecule has 0 radical (unpaired) electrons. The third kappa shape index (κ3) is 3.09. The molecule has 0 aliphatic carbocycles. The molecule has 1 aromatic heterocycles. The maximum atomic E-state index is 5.95. The fourth-order valence-corrected chi connectivity index (χ4v) is 2.47. The van der Waals surface area contributed by atoms with E-state index in [2.05, 4.69) is 18.0 Å². The number of aromatic nitrogens is 1. The van der Waals surface area contributed by atoms with Crippen LogP contribution in [0.4, 0.5) is 0 Å². The highest BCUT2D eigenvalue weighted by Gasteiger charge is 2.09. The molecule has 1 heterocycles. The van der Waals surface area contributed by atoms with Crippen LogP contribution >= 0.6 is 11.3 Å².